The van der Waals surface area contributed by atoms with Crippen molar-refractivity contribution in [1.82, 2.24) is 14.9 Å². The van der Waals surface area contributed by atoms with Gasteiger partial charge in [-0.05, 0) is 37.1 Å². The minimum absolute atomic E-state index is 0.104. The molecule has 1 saturated heterocycles. The van der Waals surface area contributed by atoms with Gasteiger partial charge in [-0.15, -0.1) is 0 Å². The maximum absolute atomic E-state index is 12.1. The van der Waals surface area contributed by atoms with E-state index in [4.69, 9.17) is 0 Å². The molecule has 23 heavy (non-hydrogen) atoms. The van der Waals surface area contributed by atoms with Crippen LogP contribution in [0.25, 0.3) is 11.3 Å². The maximum atomic E-state index is 12.1. The number of hydrogen-bond donors (Lipinski definition) is 1. The van der Waals surface area contributed by atoms with E-state index >= 15 is 0 Å². The first-order valence-electron chi connectivity index (χ1n) is 8.13. The normalized spacial score (nSPS) is 19.0. The highest BCUT2D eigenvalue weighted by Crippen LogP contribution is 2.34. The lowest BCUT2D eigenvalue weighted by Crippen LogP contribution is -2.39. The highest BCUT2D eigenvalue weighted by Gasteiger charge is 2.35. The molecule has 1 aliphatic heterocycles. The van der Waals surface area contributed by atoms with Gasteiger partial charge in [-0.25, -0.2) is 4.98 Å². The van der Waals surface area contributed by atoms with Crippen LogP contribution in [0.1, 0.15) is 37.4 Å². The van der Waals surface area contributed by atoms with E-state index in [-0.39, 0.29) is 17.4 Å². The molecule has 2 aliphatic rings. The molecule has 1 N–H and O–H groups in total. The summed E-state index contributed by atoms with van der Waals surface area (Å²) in [6.45, 7) is 1.54. The summed E-state index contributed by atoms with van der Waals surface area (Å²) in [7, 11) is 0. The summed E-state index contributed by atoms with van der Waals surface area (Å²) in [6, 6.07) is 3.53. The molecule has 0 spiro atoms. The van der Waals surface area contributed by atoms with Crippen molar-refractivity contribution in [1.29, 1.82) is 0 Å². The quantitative estimate of drug-likeness (QED) is 0.941. The zero-order valence-electron chi connectivity index (χ0n) is 12.8. The third kappa shape index (κ3) is 3.08. The number of nitrogens with one attached hydrogen (secondary N) is 1. The Morgan fingerprint density at radius 1 is 1.26 bits per heavy atom. The van der Waals surface area contributed by atoms with E-state index < -0.39 is 0 Å². The van der Waals surface area contributed by atoms with E-state index in [1.807, 2.05) is 21.7 Å². The lowest BCUT2D eigenvalue weighted by molar-refractivity contribution is -0.133. The van der Waals surface area contributed by atoms with Crippen LogP contribution in [0.15, 0.2) is 27.7 Å². The standard InChI is InChI=1S/C17H19N3O2S/c21-15-9-14(13-5-8-23-10-13)18-16(19-15)11-3-6-20(7-4-11)17(22)12-1-2-12/h5,8-12H,1-4,6-7H2,(H,18,19,21). The third-order valence-corrected chi connectivity index (χ3v) is 5.38. The minimum atomic E-state index is -0.104. The summed E-state index contributed by atoms with van der Waals surface area (Å²) in [5.41, 5.74) is 1.62. The van der Waals surface area contributed by atoms with Gasteiger partial charge >= 0.3 is 0 Å². The second kappa shape index (κ2) is 5.92. The van der Waals surface area contributed by atoms with Gasteiger partial charge in [0, 0.05) is 41.9 Å². The Bertz CT molecular complexity index is 756. The van der Waals surface area contributed by atoms with E-state index in [0.29, 0.717) is 5.91 Å². The average Bonchev–Trinajstić information content (AvgIpc) is 3.28. The summed E-state index contributed by atoms with van der Waals surface area (Å²) in [5.74, 6) is 1.59. The molecule has 0 unspecified atom stereocenters. The summed E-state index contributed by atoms with van der Waals surface area (Å²) < 4.78 is 0. The average molecular weight is 329 g/mol. The van der Waals surface area contributed by atoms with Crippen molar-refractivity contribution in [3.8, 4) is 11.3 Å². The van der Waals surface area contributed by atoms with Crippen molar-refractivity contribution >= 4 is 17.2 Å². The van der Waals surface area contributed by atoms with Gasteiger partial charge in [-0.2, -0.15) is 11.3 Å². The summed E-state index contributed by atoms with van der Waals surface area (Å²) in [4.78, 5) is 33.6. The zero-order valence-corrected chi connectivity index (χ0v) is 13.6. The molecule has 2 aromatic heterocycles. The Balaban J connectivity index is 1.50. The van der Waals surface area contributed by atoms with Gasteiger partial charge in [0.15, 0.2) is 0 Å². The Morgan fingerprint density at radius 2 is 2.04 bits per heavy atom. The molecule has 0 aromatic carbocycles. The third-order valence-electron chi connectivity index (χ3n) is 4.70. The maximum Gasteiger partial charge on any atom is 0.251 e. The molecule has 0 bridgehead atoms. The number of aromatic amines is 1. The number of carbonyl (C=O) groups excluding carboxylic acids is 1. The van der Waals surface area contributed by atoms with Gasteiger partial charge in [0.25, 0.3) is 5.56 Å². The van der Waals surface area contributed by atoms with Gasteiger partial charge in [0.05, 0.1) is 5.69 Å². The number of thiophene rings is 1. The van der Waals surface area contributed by atoms with Crippen LogP contribution in [-0.4, -0.2) is 33.9 Å². The molecule has 5 nitrogen and oxygen atoms in total. The van der Waals surface area contributed by atoms with Crippen molar-refractivity contribution in [3.63, 3.8) is 0 Å². The van der Waals surface area contributed by atoms with Crippen LogP contribution in [0.5, 0.6) is 0 Å². The van der Waals surface area contributed by atoms with Crippen LogP contribution < -0.4 is 5.56 Å². The van der Waals surface area contributed by atoms with E-state index in [1.165, 1.54) is 0 Å². The molecule has 1 aliphatic carbocycles. The molecule has 6 heteroatoms. The van der Waals surface area contributed by atoms with Gasteiger partial charge < -0.3 is 9.88 Å². The first-order valence-corrected chi connectivity index (χ1v) is 9.07. The Kier molecular flexibility index (Phi) is 3.77. The monoisotopic (exact) mass is 329 g/mol. The van der Waals surface area contributed by atoms with Crippen LogP contribution in [0.4, 0.5) is 0 Å². The van der Waals surface area contributed by atoms with Crippen molar-refractivity contribution in [2.24, 2.45) is 5.92 Å². The van der Waals surface area contributed by atoms with Crippen LogP contribution in [0, 0.1) is 5.92 Å². The van der Waals surface area contributed by atoms with Crippen LogP contribution in [-0.2, 0) is 4.79 Å². The first-order chi connectivity index (χ1) is 11.2. The highest BCUT2D eigenvalue weighted by atomic mass is 32.1. The minimum Gasteiger partial charge on any atom is -0.342 e. The predicted octanol–water partition coefficient (Wildman–Crippen LogP) is 2.61. The number of amides is 1. The Morgan fingerprint density at radius 3 is 2.70 bits per heavy atom. The summed E-state index contributed by atoms with van der Waals surface area (Å²) >= 11 is 1.60. The van der Waals surface area contributed by atoms with Crippen molar-refractivity contribution < 1.29 is 4.79 Å². The molecule has 3 heterocycles. The smallest absolute Gasteiger partial charge is 0.251 e. The predicted molar refractivity (Wildman–Crippen MR) is 89.4 cm³/mol. The number of piperidine rings is 1. The lowest BCUT2D eigenvalue weighted by Gasteiger charge is -2.31. The topological polar surface area (TPSA) is 66.1 Å². The van der Waals surface area contributed by atoms with Crippen molar-refractivity contribution in [2.45, 2.75) is 31.6 Å². The van der Waals surface area contributed by atoms with Crippen LogP contribution in [0.3, 0.4) is 0 Å². The van der Waals surface area contributed by atoms with E-state index in [9.17, 15) is 9.59 Å². The van der Waals surface area contributed by atoms with Crippen molar-refractivity contribution in [3.05, 3.63) is 39.1 Å². The van der Waals surface area contributed by atoms with Gasteiger partial charge in [-0.1, -0.05) is 0 Å². The van der Waals surface area contributed by atoms with E-state index in [0.717, 1.165) is 55.9 Å². The van der Waals surface area contributed by atoms with Gasteiger partial charge in [0.1, 0.15) is 5.82 Å². The first kappa shape index (κ1) is 14.6. The van der Waals surface area contributed by atoms with Crippen LogP contribution in [0.2, 0.25) is 0 Å². The second-order valence-electron chi connectivity index (χ2n) is 6.40. The second-order valence-corrected chi connectivity index (χ2v) is 7.18. The van der Waals surface area contributed by atoms with Gasteiger partial charge in [0.2, 0.25) is 5.91 Å². The molecule has 0 atom stereocenters. The molecule has 4 rings (SSSR count). The lowest BCUT2D eigenvalue weighted by atomic mass is 9.95. The molecule has 2 aromatic rings. The number of hydrogen-bond acceptors (Lipinski definition) is 4. The fraction of sp³-hybridized carbons (Fsp3) is 0.471. The molecule has 2 fully saturated rings. The fourth-order valence-corrected chi connectivity index (χ4v) is 3.84. The molecule has 120 valence electrons. The van der Waals surface area contributed by atoms with Gasteiger partial charge in [-0.3, -0.25) is 9.59 Å². The number of aromatic nitrogens is 2. The molecule has 1 saturated carbocycles. The Labute approximate surface area is 138 Å². The summed E-state index contributed by atoms with van der Waals surface area (Å²) in [6.07, 6.45) is 3.84. The number of carbonyl (C=O) groups is 1. The number of rotatable bonds is 3. The summed E-state index contributed by atoms with van der Waals surface area (Å²) in [5, 5.41) is 3.99. The number of H-pyrrole nitrogens is 1. The zero-order chi connectivity index (χ0) is 15.8. The molecular weight excluding hydrogens is 310 g/mol. The fourth-order valence-electron chi connectivity index (χ4n) is 3.19. The number of likely N-dealkylation sites (tertiary alicyclic amines) is 1. The Hall–Kier alpha value is -1.95. The largest absolute Gasteiger partial charge is 0.342 e. The SMILES string of the molecule is O=C(C1CC1)N1CCC(c2nc(-c3ccsc3)cc(=O)[nH]2)CC1. The highest BCUT2D eigenvalue weighted by molar-refractivity contribution is 7.08. The molecule has 0 radical (unpaired) electrons. The van der Waals surface area contributed by atoms with Crippen molar-refractivity contribution in [2.75, 3.05) is 13.1 Å². The van der Waals surface area contributed by atoms with E-state index in [2.05, 4.69) is 9.97 Å². The molecular formula is C17H19N3O2S. The van der Waals surface area contributed by atoms with Crippen LogP contribution >= 0.6 is 11.3 Å². The number of nitrogens with zero attached hydrogens (tertiary/aromatic N) is 2. The molecule has 1 amide bonds. The van der Waals surface area contributed by atoms with E-state index in [1.54, 1.807) is 17.4 Å².